The average Bonchev–Trinajstić information content (AvgIpc) is 3.08. The third-order valence-corrected chi connectivity index (χ3v) is 10.9. The molecule has 3 fully saturated rings. The SMILES string of the molecule is CC(=O)O[C@H]1CC[C@@]2(C)C(=CC[C@H]3[C@@H]4CC[C@H]([C@H](C)C=C[C@H](C)C(C)C)[C@@]4(C)CC[C@@H]32)C1. The van der Waals surface area contributed by atoms with Crippen LogP contribution in [0.15, 0.2) is 23.8 Å². The average molecular weight is 441 g/mol. The minimum absolute atomic E-state index is 0.106. The van der Waals surface area contributed by atoms with E-state index in [1.807, 2.05) is 0 Å². The fourth-order valence-corrected chi connectivity index (χ4v) is 8.57. The zero-order valence-electron chi connectivity index (χ0n) is 21.8. The summed E-state index contributed by atoms with van der Waals surface area (Å²) in [6.45, 7) is 16.3. The van der Waals surface area contributed by atoms with Crippen LogP contribution in [-0.2, 0) is 9.53 Å². The van der Waals surface area contributed by atoms with Crippen LogP contribution in [0.3, 0.4) is 0 Å². The van der Waals surface area contributed by atoms with Gasteiger partial charge in [-0.15, -0.1) is 0 Å². The van der Waals surface area contributed by atoms with Gasteiger partial charge in [0, 0.05) is 13.3 Å². The minimum atomic E-state index is -0.121. The first-order valence-electron chi connectivity index (χ1n) is 13.6. The van der Waals surface area contributed by atoms with Crippen LogP contribution in [0.25, 0.3) is 0 Å². The fourth-order valence-electron chi connectivity index (χ4n) is 8.57. The summed E-state index contributed by atoms with van der Waals surface area (Å²) < 4.78 is 5.62. The van der Waals surface area contributed by atoms with E-state index in [0.29, 0.717) is 22.7 Å². The van der Waals surface area contributed by atoms with Crippen LogP contribution < -0.4 is 0 Å². The number of carbonyl (C=O) groups excluding carboxylic acids is 1. The van der Waals surface area contributed by atoms with Crippen molar-refractivity contribution in [2.45, 2.75) is 106 Å². The molecular weight excluding hydrogens is 392 g/mol. The lowest BCUT2D eigenvalue weighted by Gasteiger charge is -2.58. The molecule has 2 heteroatoms. The van der Waals surface area contributed by atoms with E-state index < -0.39 is 0 Å². The van der Waals surface area contributed by atoms with E-state index in [9.17, 15) is 4.79 Å². The van der Waals surface area contributed by atoms with Gasteiger partial charge in [-0.25, -0.2) is 0 Å². The maximum Gasteiger partial charge on any atom is 0.302 e. The van der Waals surface area contributed by atoms with E-state index in [1.54, 1.807) is 12.5 Å². The molecule has 0 N–H and O–H groups in total. The lowest BCUT2D eigenvalue weighted by Crippen LogP contribution is -2.51. The Morgan fingerprint density at radius 3 is 2.47 bits per heavy atom. The Bertz CT molecular complexity index is 763. The third kappa shape index (κ3) is 4.14. The number of hydrogen-bond donors (Lipinski definition) is 0. The molecule has 2 nitrogen and oxygen atoms in total. The van der Waals surface area contributed by atoms with Crippen molar-refractivity contribution >= 4 is 5.97 Å². The summed E-state index contributed by atoms with van der Waals surface area (Å²) in [5.74, 6) is 5.35. The standard InChI is InChI=1S/C30H48O2/c1-19(2)20(3)8-9-21(4)26-12-13-27-25-11-10-23-18-24(32-22(5)31)14-16-29(23,6)28(25)15-17-30(26,27)7/h8-10,19-21,24-28H,11-18H2,1-7H3/t20-,21+,24-,25-,26+,27-,28-,29-,30+/m0/s1. The molecule has 180 valence electrons. The fraction of sp³-hybridized carbons (Fsp3) is 0.833. The normalized spacial score (nSPS) is 43.2. The molecule has 3 saturated carbocycles. The molecule has 0 aromatic carbocycles. The van der Waals surface area contributed by atoms with Crippen molar-refractivity contribution in [3.63, 3.8) is 0 Å². The first-order chi connectivity index (χ1) is 15.1. The van der Waals surface area contributed by atoms with Crippen molar-refractivity contribution in [1.29, 1.82) is 0 Å². The number of hydrogen-bond acceptors (Lipinski definition) is 2. The van der Waals surface area contributed by atoms with Gasteiger partial charge in [-0.2, -0.15) is 0 Å². The van der Waals surface area contributed by atoms with Crippen molar-refractivity contribution in [3.8, 4) is 0 Å². The molecule has 0 saturated heterocycles. The van der Waals surface area contributed by atoms with Crippen LogP contribution in [0.5, 0.6) is 0 Å². The van der Waals surface area contributed by atoms with Crippen molar-refractivity contribution in [1.82, 2.24) is 0 Å². The smallest absolute Gasteiger partial charge is 0.302 e. The largest absolute Gasteiger partial charge is 0.462 e. The van der Waals surface area contributed by atoms with Crippen LogP contribution in [0.4, 0.5) is 0 Å². The van der Waals surface area contributed by atoms with Crippen LogP contribution in [0.2, 0.25) is 0 Å². The van der Waals surface area contributed by atoms with Gasteiger partial charge in [-0.1, -0.05) is 65.3 Å². The zero-order valence-corrected chi connectivity index (χ0v) is 21.8. The van der Waals surface area contributed by atoms with Gasteiger partial charge in [0.25, 0.3) is 0 Å². The molecule has 0 bridgehead atoms. The Balaban J connectivity index is 1.50. The van der Waals surface area contributed by atoms with Crippen molar-refractivity contribution in [3.05, 3.63) is 23.8 Å². The molecule has 0 unspecified atom stereocenters. The molecule has 0 radical (unpaired) electrons. The number of rotatable bonds is 5. The van der Waals surface area contributed by atoms with Gasteiger partial charge in [0.05, 0.1) is 0 Å². The Morgan fingerprint density at radius 2 is 1.78 bits per heavy atom. The molecule has 0 amide bonds. The van der Waals surface area contributed by atoms with E-state index >= 15 is 0 Å². The lowest BCUT2D eigenvalue weighted by molar-refractivity contribution is -0.148. The Labute approximate surface area is 197 Å². The van der Waals surface area contributed by atoms with Crippen LogP contribution in [0.1, 0.15) is 99.8 Å². The van der Waals surface area contributed by atoms with Crippen LogP contribution in [-0.4, -0.2) is 12.1 Å². The number of allylic oxidation sites excluding steroid dienone is 3. The Hall–Kier alpha value is -1.05. The van der Waals surface area contributed by atoms with Gasteiger partial charge < -0.3 is 4.74 Å². The lowest BCUT2D eigenvalue weighted by atomic mass is 9.47. The zero-order chi connectivity index (χ0) is 23.3. The van der Waals surface area contributed by atoms with Gasteiger partial charge in [0.1, 0.15) is 6.10 Å². The third-order valence-electron chi connectivity index (χ3n) is 10.9. The van der Waals surface area contributed by atoms with E-state index in [-0.39, 0.29) is 12.1 Å². The first-order valence-corrected chi connectivity index (χ1v) is 13.6. The van der Waals surface area contributed by atoms with E-state index in [0.717, 1.165) is 42.4 Å². The highest BCUT2D eigenvalue weighted by Crippen LogP contribution is 2.67. The summed E-state index contributed by atoms with van der Waals surface area (Å²) in [6, 6.07) is 0. The van der Waals surface area contributed by atoms with Crippen LogP contribution >= 0.6 is 0 Å². The maximum atomic E-state index is 11.5. The summed E-state index contributed by atoms with van der Waals surface area (Å²) in [4.78, 5) is 11.5. The van der Waals surface area contributed by atoms with Crippen molar-refractivity contribution in [2.24, 2.45) is 52.3 Å². The van der Waals surface area contributed by atoms with Gasteiger partial charge in [0.2, 0.25) is 0 Å². The quantitative estimate of drug-likeness (QED) is 0.320. The molecule has 9 atom stereocenters. The molecule has 4 rings (SSSR count). The summed E-state index contributed by atoms with van der Waals surface area (Å²) in [5.41, 5.74) is 2.44. The highest BCUT2D eigenvalue weighted by atomic mass is 16.5. The van der Waals surface area contributed by atoms with E-state index in [1.165, 1.54) is 38.5 Å². The first kappa shape index (κ1) is 24.1. The number of carbonyl (C=O) groups is 1. The molecule has 0 spiro atoms. The van der Waals surface area contributed by atoms with E-state index in [2.05, 4.69) is 59.8 Å². The van der Waals surface area contributed by atoms with Crippen LogP contribution in [0, 0.1) is 52.3 Å². The Morgan fingerprint density at radius 1 is 1.03 bits per heavy atom. The molecule has 0 aliphatic heterocycles. The summed E-state index contributed by atoms with van der Waals surface area (Å²) in [5, 5.41) is 0. The molecule has 4 aliphatic rings. The van der Waals surface area contributed by atoms with Gasteiger partial charge in [-0.05, 0) is 97.2 Å². The highest BCUT2D eigenvalue weighted by Gasteiger charge is 2.59. The number of fused-ring (bicyclic) bond motifs is 5. The van der Waals surface area contributed by atoms with Gasteiger partial charge >= 0.3 is 5.97 Å². The second kappa shape index (κ2) is 8.95. The molecule has 0 aromatic heterocycles. The Kier molecular flexibility index (Phi) is 6.74. The molecule has 32 heavy (non-hydrogen) atoms. The highest BCUT2D eigenvalue weighted by molar-refractivity contribution is 5.66. The van der Waals surface area contributed by atoms with Crippen molar-refractivity contribution < 1.29 is 9.53 Å². The summed E-state index contributed by atoms with van der Waals surface area (Å²) in [7, 11) is 0. The van der Waals surface area contributed by atoms with E-state index in [4.69, 9.17) is 4.74 Å². The second-order valence-corrected chi connectivity index (χ2v) is 12.8. The summed E-state index contributed by atoms with van der Waals surface area (Å²) >= 11 is 0. The van der Waals surface area contributed by atoms with Gasteiger partial charge in [0.15, 0.2) is 0 Å². The summed E-state index contributed by atoms with van der Waals surface area (Å²) in [6.07, 6.45) is 17.8. The topological polar surface area (TPSA) is 26.3 Å². The molecule has 4 aliphatic carbocycles. The van der Waals surface area contributed by atoms with Gasteiger partial charge in [-0.3, -0.25) is 4.79 Å². The minimum Gasteiger partial charge on any atom is -0.462 e. The second-order valence-electron chi connectivity index (χ2n) is 12.8. The molecule has 0 aromatic rings. The monoisotopic (exact) mass is 440 g/mol. The predicted octanol–water partition coefficient (Wildman–Crippen LogP) is 7.98. The maximum absolute atomic E-state index is 11.5. The molecular formula is C30H48O2. The molecule has 0 heterocycles. The number of ether oxygens (including phenoxy) is 1. The number of esters is 1. The predicted molar refractivity (Wildman–Crippen MR) is 133 cm³/mol. The van der Waals surface area contributed by atoms with Crippen molar-refractivity contribution in [2.75, 3.05) is 0 Å².